The number of benzene rings is 1. The molecule has 5 rings (SSSR count). The summed E-state index contributed by atoms with van der Waals surface area (Å²) < 4.78 is 5.63. The summed E-state index contributed by atoms with van der Waals surface area (Å²) in [6, 6.07) is 16.3. The maximum atomic E-state index is 8.96. The van der Waals surface area contributed by atoms with E-state index in [0.29, 0.717) is 16.6 Å². The van der Waals surface area contributed by atoms with E-state index in [9.17, 15) is 0 Å². The number of aromatic nitrogens is 2. The average molecular weight is 406 g/mol. The number of nitrogens with zero attached hydrogens (tertiary/aromatic N) is 5. The highest BCUT2D eigenvalue weighted by Gasteiger charge is 2.39. The van der Waals surface area contributed by atoms with Gasteiger partial charge in [0.2, 0.25) is 0 Å². The van der Waals surface area contributed by atoms with Crippen molar-refractivity contribution in [3.63, 3.8) is 0 Å². The fourth-order valence-electron chi connectivity index (χ4n) is 4.44. The Labute approximate surface area is 174 Å². The smallest absolute Gasteiger partial charge is 0.167 e. The quantitative estimate of drug-likeness (QED) is 0.647. The molecule has 29 heavy (non-hydrogen) atoms. The van der Waals surface area contributed by atoms with Gasteiger partial charge in [0.25, 0.3) is 0 Å². The first kappa shape index (κ1) is 18.2. The standard InChI is InChI=1S/C22H20ClN5O/c23-17-3-1-2-16(10-17)21-11-19(26-29-21)20-6-5-18-14-27(8-9-28(18)20)22-7-4-15(12-24)13-25-22/h1-4,7,10-11,13,18,20H,5-6,8-9,14H2/t18-,20?/m0/s1. The fraction of sp³-hybridized carbons (Fsp3) is 0.318. The van der Waals surface area contributed by atoms with E-state index >= 15 is 0 Å². The fourth-order valence-corrected chi connectivity index (χ4v) is 4.63. The Bertz CT molecular complexity index is 1060. The summed E-state index contributed by atoms with van der Waals surface area (Å²) in [6.07, 6.45) is 3.84. The van der Waals surface area contributed by atoms with Crippen LogP contribution in [0, 0.1) is 11.3 Å². The minimum absolute atomic E-state index is 0.285. The molecule has 146 valence electrons. The lowest BCUT2D eigenvalue weighted by Gasteiger charge is -2.40. The maximum absolute atomic E-state index is 8.96. The van der Waals surface area contributed by atoms with Crippen molar-refractivity contribution in [3.05, 3.63) is 64.9 Å². The highest BCUT2D eigenvalue weighted by Crippen LogP contribution is 2.39. The van der Waals surface area contributed by atoms with Gasteiger partial charge in [-0.25, -0.2) is 4.98 Å². The Morgan fingerprint density at radius 2 is 2.07 bits per heavy atom. The monoisotopic (exact) mass is 405 g/mol. The molecular formula is C22H20ClN5O. The van der Waals surface area contributed by atoms with Crippen LogP contribution in [0.3, 0.4) is 0 Å². The van der Waals surface area contributed by atoms with Crippen LogP contribution < -0.4 is 4.90 Å². The van der Waals surface area contributed by atoms with Crippen molar-refractivity contribution >= 4 is 17.4 Å². The summed E-state index contributed by atoms with van der Waals surface area (Å²) in [5.41, 5.74) is 2.53. The predicted molar refractivity (Wildman–Crippen MR) is 111 cm³/mol. The normalized spacial score (nSPS) is 21.7. The number of halogens is 1. The molecule has 0 aliphatic carbocycles. The number of hydrogen-bond acceptors (Lipinski definition) is 6. The first-order valence-electron chi connectivity index (χ1n) is 9.80. The molecule has 2 saturated heterocycles. The Hall–Kier alpha value is -2.88. The molecule has 1 aromatic carbocycles. The van der Waals surface area contributed by atoms with Crippen LogP contribution in [0.1, 0.15) is 30.1 Å². The van der Waals surface area contributed by atoms with Crippen molar-refractivity contribution in [3.8, 4) is 17.4 Å². The molecule has 6 nitrogen and oxygen atoms in total. The van der Waals surface area contributed by atoms with Crippen LogP contribution in [0.15, 0.2) is 53.2 Å². The molecule has 2 fully saturated rings. The van der Waals surface area contributed by atoms with Crippen molar-refractivity contribution in [1.82, 2.24) is 15.0 Å². The highest BCUT2D eigenvalue weighted by molar-refractivity contribution is 6.30. The lowest BCUT2D eigenvalue weighted by molar-refractivity contribution is 0.170. The van der Waals surface area contributed by atoms with Crippen LogP contribution >= 0.6 is 11.6 Å². The zero-order valence-electron chi connectivity index (χ0n) is 15.8. The van der Waals surface area contributed by atoms with Gasteiger partial charge in [0.1, 0.15) is 17.6 Å². The summed E-state index contributed by atoms with van der Waals surface area (Å²) in [4.78, 5) is 9.31. The third-order valence-corrected chi connectivity index (χ3v) is 6.12. The van der Waals surface area contributed by atoms with Gasteiger partial charge in [-0.1, -0.05) is 28.9 Å². The van der Waals surface area contributed by atoms with Gasteiger partial charge < -0.3 is 9.42 Å². The number of fused-ring (bicyclic) bond motifs is 1. The molecule has 7 heteroatoms. The number of nitriles is 1. The SMILES string of the molecule is N#Cc1ccc(N2CCN3C(c4cc(-c5cccc(Cl)c5)on4)CC[C@H]3C2)nc1. The third kappa shape index (κ3) is 3.48. The van der Waals surface area contributed by atoms with Gasteiger partial charge in [-0.3, -0.25) is 4.90 Å². The Morgan fingerprint density at radius 3 is 2.86 bits per heavy atom. The molecule has 0 bridgehead atoms. The zero-order valence-corrected chi connectivity index (χ0v) is 16.6. The first-order valence-corrected chi connectivity index (χ1v) is 10.2. The van der Waals surface area contributed by atoms with Gasteiger partial charge >= 0.3 is 0 Å². The van der Waals surface area contributed by atoms with Crippen molar-refractivity contribution in [2.45, 2.75) is 24.9 Å². The molecule has 0 radical (unpaired) electrons. The van der Waals surface area contributed by atoms with E-state index in [1.807, 2.05) is 42.5 Å². The van der Waals surface area contributed by atoms with E-state index in [-0.39, 0.29) is 6.04 Å². The number of anilines is 1. The number of piperazine rings is 1. The van der Waals surface area contributed by atoms with Crippen LogP contribution in [0.4, 0.5) is 5.82 Å². The minimum atomic E-state index is 0.285. The zero-order chi connectivity index (χ0) is 19.8. The van der Waals surface area contributed by atoms with Crippen LogP contribution in [0.5, 0.6) is 0 Å². The van der Waals surface area contributed by atoms with Crippen LogP contribution in [0.2, 0.25) is 5.02 Å². The molecule has 4 heterocycles. The van der Waals surface area contributed by atoms with Gasteiger partial charge in [0.05, 0.1) is 11.6 Å². The van der Waals surface area contributed by atoms with Gasteiger partial charge in [-0.2, -0.15) is 5.26 Å². The summed E-state index contributed by atoms with van der Waals surface area (Å²) >= 11 is 6.10. The number of pyridine rings is 1. The maximum Gasteiger partial charge on any atom is 0.167 e. The minimum Gasteiger partial charge on any atom is -0.356 e. The Kier molecular flexibility index (Phi) is 4.70. The van der Waals surface area contributed by atoms with E-state index in [0.717, 1.165) is 55.3 Å². The van der Waals surface area contributed by atoms with E-state index in [4.69, 9.17) is 21.4 Å². The lowest BCUT2D eigenvalue weighted by atomic mass is 10.1. The largest absolute Gasteiger partial charge is 0.356 e. The van der Waals surface area contributed by atoms with Gasteiger partial charge in [-0.05, 0) is 37.1 Å². The molecule has 0 spiro atoms. The van der Waals surface area contributed by atoms with Crippen molar-refractivity contribution in [2.75, 3.05) is 24.5 Å². The summed E-state index contributed by atoms with van der Waals surface area (Å²) in [5.74, 6) is 1.70. The molecule has 0 N–H and O–H groups in total. The van der Waals surface area contributed by atoms with Crippen molar-refractivity contribution < 1.29 is 4.52 Å². The van der Waals surface area contributed by atoms with Crippen molar-refractivity contribution in [1.29, 1.82) is 5.26 Å². The molecule has 2 aliphatic rings. The summed E-state index contributed by atoms with van der Waals surface area (Å²) in [6.45, 7) is 2.80. The third-order valence-electron chi connectivity index (χ3n) is 5.88. The highest BCUT2D eigenvalue weighted by atomic mass is 35.5. The molecule has 2 aromatic heterocycles. The lowest BCUT2D eigenvalue weighted by Crippen LogP contribution is -2.51. The van der Waals surface area contributed by atoms with E-state index in [2.05, 4.69) is 26.0 Å². The average Bonchev–Trinajstić information content (AvgIpc) is 3.40. The molecule has 2 atom stereocenters. The van der Waals surface area contributed by atoms with Gasteiger partial charge in [0, 0.05) is 48.5 Å². The van der Waals surface area contributed by atoms with Crippen molar-refractivity contribution in [2.24, 2.45) is 0 Å². The van der Waals surface area contributed by atoms with Crippen LogP contribution in [0.25, 0.3) is 11.3 Å². The molecule has 1 unspecified atom stereocenters. The van der Waals surface area contributed by atoms with Crippen LogP contribution in [-0.2, 0) is 0 Å². The van der Waals surface area contributed by atoms with E-state index < -0.39 is 0 Å². The topological polar surface area (TPSA) is 69.2 Å². The second-order valence-electron chi connectivity index (χ2n) is 7.57. The van der Waals surface area contributed by atoms with Crippen LogP contribution in [-0.4, -0.2) is 40.7 Å². The number of hydrogen-bond donors (Lipinski definition) is 0. The second kappa shape index (κ2) is 7.51. The molecule has 0 saturated carbocycles. The summed E-state index contributed by atoms with van der Waals surface area (Å²) in [5, 5.41) is 14.0. The van der Waals surface area contributed by atoms with Gasteiger partial charge in [0.15, 0.2) is 5.76 Å². The molecule has 0 amide bonds. The number of rotatable bonds is 3. The molecular weight excluding hydrogens is 386 g/mol. The van der Waals surface area contributed by atoms with Gasteiger partial charge in [-0.15, -0.1) is 0 Å². The van der Waals surface area contributed by atoms with E-state index in [1.54, 1.807) is 6.20 Å². The molecule has 2 aliphatic heterocycles. The Balaban J connectivity index is 1.30. The second-order valence-corrected chi connectivity index (χ2v) is 8.01. The predicted octanol–water partition coefficient (Wildman–Crippen LogP) is 4.29. The first-order chi connectivity index (χ1) is 14.2. The Morgan fingerprint density at radius 1 is 1.14 bits per heavy atom. The van der Waals surface area contributed by atoms with E-state index in [1.165, 1.54) is 0 Å². The summed E-state index contributed by atoms with van der Waals surface area (Å²) in [7, 11) is 0. The molecule has 3 aromatic rings.